The largest absolute Gasteiger partial charge is 0.381 e. The van der Waals surface area contributed by atoms with Gasteiger partial charge in [0.15, 0.2) is 0 Å². The van der Waals surface area contributed by atoms with Crippen molar-refractivity contribution in [1.29, 1.82) is 0 Å². The van der Waals surface area contributed by atoms with Gasteiger partial charge >= 0.3 is 0 Å². The molecule has 84 valence electrons. The van der Waals surface area contributed by atoms with E-state index in [-0.39, 0.29) is 0 Å². The van der Waals surface area contributed by atoms with E-state index >= 15 is 0 Å². The molecule has 0 radical (unpaired) electrons. The van der Waals surface area contributed by atoms with E-state index in [1.165, 1.54) is 5.56 Å². The number of nitrogens with one attached hydrogen (secondary N) is 1. The minimum Gasteiger partial charge on any atom is -0.381 e. The molecular weight excluding hydrogens is 222 g/mol. The monoisotopic (exact) mass is 235 g/mol. The van der Waals surface area contributed by atoms with Crippen LogP contribution in [0.5, 0.6) is 0 Å². The molecule has 1 heterocycles. The zero-order valence-electron chi connectivity index (χ0n) is 9.37. The van der Waals surface area contributed by atoms with Crippen LogP contribution in [0.4, 0.5) is 5.69 Å². The maximum atomic E-state index is 5.82. The SMILES string of the molecule is Cc1nn(C)cc1CNc1ccc(Cl)cc1. The van der Waals surface area contributed by atoms with Gasteiger partial charge in [0.1, 0.15) is 0 Å². The van der Waals surface area contributed by atoms with Crippen molar-refractivity contribution in [3.8, 4) is 0 Å². The van der Waals surface area contributed by atoms with Gasteiger partial charge in [0, 0.05) is 36.1 Å². The maximum Gasteiger partial charge on any atom is 0.0643 e. The molecule has 0 spiro atoms. The summed E-state index contributed by atoms with van der Waals surface area (Å²) in [5, 5.41) is 8.38. The molecule has 1 aromatic carbocycles. The van der Waals surface area contributed by atoms with Gasteiger partial charge in [0.25, 0.3) is 0 Å². The molecule has 1 N–H and O–H groups in total. The predicted octanol–water partition coefficient (Wildman–Crippen LogP) is 2.99. The molecule has 0 bridgehead atoms. The third-order valence-electron chi connectivity index (χ3n) is 2.44. The van der Waals surface area contributed by atoms with Gasteiger partial charge in [-0.25, -0.2) is 0 Å². The van der Waals surface area contributed by atoms with Crippen LogP contribution in [0.15, 0.2) is 30.5 Å². The molecule has 2 rings (SSSR count). The van der Waals surface area contributed by atoms with Crippen molar-refractivity contribution in [2.24, 2.45) is 7.05 Å². The van der Waals surface area contributed by atoms with Crippen molar-refractivity contribution in [3.63, 3.8) is 0 Å². The van der Waals surface area contributed by atoms with Crippen molar-refractivity contribution < 1.29 is 0 Å². The summed E-state index contributed by atoms with van der Waals surface area (Å²) < 4.78 is 1.83. The highest BCUT2D eigenvalue weighted by atomic mass is 35.5. The number of hydrogen-bond acceptors (Lipinski definition) is 2. The lowest BCUT2D eigenvalue weighted by molar-refractivity contribution is 0.756. The van der Waals surface area contributed by atoms with Crippen LogP contribution in [0.3, 0.4) is 0 Å². The van der Waals surface area contributed by atoms with Crippen molar-refractivity contribution in [1.82, 2.24) is 9.78 Å². The minimum absolute atomic E-state index is 0.753. The van der Waals surface area contributed by atoms with Gasteiger partial charge in [0.05, 0.1) is 5.69 Å². The Morgan fingerprint density at radius 2 is 2.00 bits per heavy atom. The lowest BCUT2D eigenvalue weighted by Crippen LogP contribution is -1.99. The van der Waals surface area contributed by atoms with Crippen molar-refractivity contribution >= 4 is 17.3 Å². The molecule has 0 atom stereocenters. The van der Waals surface area contributed by atoms with Crippen LogP contribution in [0.25, 0.3) is 0 Å². The Bertz CT molecular complexity index is 474. The molecular formula is C12H14ClN3. The summed E-state index contributed by atoms with van der Waals surface area (Å²) >= 11 is 5.82. The first-order chi connectivity index (χ1) is 7.65. The Labute approximate surface area is 100 Å². The molecule has 16 heavy (non-hydrogen) atoms. The number of anilines is 1. The molecule has 0 fully saturated rings. The van der Waals surface area contributed by atoms with Crippen LogP contribution in [-0.2, 0) is 13.6 Å². The zero-order chi connectivity index (χ0) is 11.5. The number of aryl methyl sites for hydroxylation is 2. The van der Waals surface area contributed by atoms with E-state index in [4.69, 9.17) is 11.6 Å². The molecule has 0 saturated carbocycles. The predicted molar refractivity (Wildman–Crippen MR) is 66.7 cm³/mol. The number of halogens is 1. The highest BCUT2D eigenvalue weighted by Crippen LogP contribution is 2.15. The fraction of sp³-hybridized carbons (Fsp3) is 0.250. The number of rotatable bonds is 3. The Hall–Kier alpha value is -1.48. The molecule has 1 aromatic heterocycles. The van der Waals surface area contributed by atoms with Crippen molar-refractivity contribution in [2.75, 3.05) is 5.32 Å². The van der Waals surface area contributed by atoms with E-state index in [2.05, 4.69) is 10.4 Å². The number of aromatic nitrogens is 2. The third kappa shape index (κ3) is 2.55. The molecule has 0 aliphatic heterocycles. The van der Waals surface area contributed by atoms with E-state index in [9.17, 15) is 0 Å². The molecule has 0 amide bonds. The average molecular weight is 236 g/mol. The van der Waals surface area contributed by atoms with Crippen LogP contribution in [0.2, 0.25) is 5.02 Å². The summed E-state index contributed by atoms with van der Waals surface area (Å²) in [6.07, 6.45) is 2.03. The van der Waals surface area contributed by atoms with Gasteiger partial charge < -0.3 is 5.32 Å². The summed E-state index contributed by atoms with van der Waals surface area (Å²) in [5.41, 5.74) is 3.33. The second kappa shape index (κ2) is 4.58. The van der Waals surface area contributed by atoms with E-state index in [1.54, 1.807) is 0 Å². The topological polar surface area (TPSA) is 29.9 Å². The van der Waals surface area contributed by atoms with Gasteiger partial charge in [0.2, 0.25) is 0 Å². The Morgan fingerprint density at radius 1 is 1.31 bits per heavy atom. The summed E-state index contributed by atoms with van der Waals surface area (Å²) in [5.74, 6) is 0. The van der Waals surface area contributed by atoms with Gasteiger partial charge in [-0.15, -0.1) is 0 Å². The van der Waals surface area contributed by atoms with Crippen LogP contribution in [0, 0.1) is 6.92 Å². The standard InChI is InChI=1S/C12H14ClN3/c1-9-10(8-16(2)15-9)7-14-12-5-3-11(13)4-6-12/h3-6,8,14H,7H2,1-2H3. The summed E-state index contributed by atoms with van der Waals surface area (Å²) in [4.78, 5) is 0. The molecule has 0 saturated heterocycles. The zero-order valence-corrected chi connectivity index (χ0v) is 10.1. The summed E-state index contributed by atoms with van der Waals surface area (Å²) in [6.45, 7) is 2.79. The first kappa shape index (κ1) is 11.0. The quantitative estimate of drug-likeness (QED) is 0.887. The fourth-order valence-electron chi connectivity index (χ4n) is 1.59. The highest BCUT2D eigenvalue weighted by Gasteiger charge is 2.02. The van der Waals surface area contributed by atoms with Crippen LogP contribution in [0.1, 0.15) is 11.3 Å². The van der Waals surface area contributed by atoms with Crippen LogP contribution < -0.4 is 5.32 Å². The number of benzene rings is 1. The first-order valence-electron chi connectivity index (χ1n) is 5.14. The van der Waals surface area contributed by atoms with E-state index in [1.807, 2.05) is 49.1 Å². The smallest absolute Gasteiger partial charge is 0.0643 e. The molecule has 2 aromatic rings. The van der Waals surface area contributed by atoms with Crippen molar-refractivity contribution in [3.05, 3.63) is 46.7 Å². The molecule has 3 nitrogen and oxygen atoms in total. The van der Waals surface area contributed by atoms with Crippen LogP contribution in [-0.4, -0.2) is 9.78 Å². The van der Waals surface area contributed by atoms with Gasteiger partial charge in [-0.2, -0.15) is 5.10 Å². The van der Waals surface area contributed by atoms with Gasteiger partial charge in [-0.1, -0.05) is 11.6 Å². The Kier molecular flexibility index (Phi) is 3.15. The summed E-state index contributed by atoms with van der Waals surface area (Å²) in [7, 11) is 1.93. The lowest BCUT2D eigenvalue weighted by Gasteiger charge is -2.05. The van der Waals surface area contributed by atoms with Gasteiger partial charge in [-0.05, 0) is 31.2 Å². The minimum atomic E-state index is 0.753. The summed E-state index contributed by atoms with van der Waals surface area (Å²) in [6, 6.07) is 7.68. The lowest BCUT2D eigenvalue weighted by atomic mass is 10.2. The Morgan fingerprint density at radius 3 is 2.56 bits per heavy atom. The van der Waals surface area contributed by atoms with Crippen molar-refractivity contribution in [2.45, 2.75) is 13.5 Å². The number of nitrogens with zero attached hydrogens (tertiary/aromatic N) is 2. The fourth-order valence-corrected chi connectivity index (χ4v) is 1.71. The molecule has 0 unspecified atom stereocenters. The van der Waals surface area contributed by atoms with Crippen LogP contribution >= 0.6 is 11.6 Å². The molecule has 0 aliphatic rings. The first-order valence-corrected chi connectivity index (χ1v) is 5.51. The average Bonchev–Trinajstić information content (AvgIpc) is 2.57. The Balaban J connectivity index is 2.02. The third-order valence-corrected chi connectivity index (χ3v) is 2.69. The van der Waals surface area contributed by atoms with E-state index < -0.39 is 0 Å². The van der Waals surface area contributed by atoms with E-state index in [0.29, 0.717) is 0 Å². The van der Waals surface area contributed by atoms with E-state index in [0.717, 1.165) is 22.9 Å². The second-order valence-electron chi connectivity index (χ2n) is 3.77. The molecule has 0 aliphatic carbocycles. The normalized spacial score (nSPS) is 10.4. The highest BCUT2D eigenvalue weighted by molar-refractivity contribution is 6.30. The number of hydrogen-bond donors (Lipinski definition) is 1. The maximum absolute atomic E-state index is 5.82. The molecule has 4 heteroatoms. The van der Waals surface area contributed by atoms with Gasteiger partial charge in [-0.3, -0.25) is 4.68 Å². The second-order valence-corrected chi connectivity index (χ2v) is 4.21.